The predicted molar refractivity (Wildman–Crippen MR) is 35.6 cm³/mol. The van der Waals surface area contributed by atoms with Crippen LogP contribution < -0.4 is 0 Å². The lowest BCUT2D eigenvalue weighted by Gasteiger charge is -1.86. The highest BCUT2D eigenvalue weighted by molar-refractivity contribution is 8.76. The summed E-state index contributed by atoms with van der Waals surface area (Å²) < 4.78 is 0. The summed E-state index contributed by atoms with van der Waals surface area (Å²) in [5.74, 6) is 1.89. The van der Waals surface area contributed by atoms with Gasteiger partial charge in [-0.1, -0.05) is 21.6 Å². The highest BCUT2D eigenvalue weighted by Crippen LogP contribution is 2.18. The van der Waals surface area contributed by atoms with Crippen LogP contribution in [0.2, 0.25) is 0 Å². The van der Waals surface area contributed by atoms with Gasteiger partial charge in [0, 0.05) is 11.5 Å². The molecule has 0 spiro atoms. The largest absolute Gasteiger partial charge is 0.0942 e. The van der Waals surface area contributed by atoms with Gasteiger partial charge in [0.2, 0.25) is 0 Å². The minimum atomic E-state index is 0.945. The maximum Gasteiger partial charge on any atom is 0.00372 e. The lowest BCUT2D eigenvalue weighted by molar-refractivity contribution is 1.83. The summed E-state index contributed by atoms with van der Waals surface area (Å²) in [6.45, 7) is 7.28. The minimum Gasteiger partial charge on any atom is -0.0942 e. The summed E-state index contributed by atoms with van der Waals surface area (Å²) in [6.07, 6.45) is 0. The summed E-state index contributed by atoms with van der Waals surface area (Å²) in [4.78, 5) is 0. The monoisotopic (exact) mass is 120 g/mol. The van der Waals surface area contributed by atoms with Crippen molar-refractivity contribution in [1.82, 2.24) is 0 Å². The molecule has 6 heavy (non-hydrogen) atoms. The SMILES string of the molecule is [CH2]CSSC[CH2]. The highest BCUT2D eigenvalue weighted by Gasteiger charge is 1.75. The van der Waals surface area contributed by atoms with E-state index in [1.165, 1.54) is 0 Å². The Kier molecular flexibility index (Phi) is 6.36. The van der Waals surface area contributed by atoms with Gasteiger partial charge in [-0.25, -0.2) is 0 Å². The van der Waals surface area contributed by atoms with E-state index in [0.29, 0.717) is 0 Å². The molecule has 0 aliphatic rings. The van der Waals surface area contributed by atoms with Crippen molar-refractivity contribution < 1.29 is 0 Å². The zero-order valence-corrected chi connectivity index (χ0v) is 5.28. The molecule has 0 aliphatic carbocycles. The molecule has 0 saturated carbocycles. The molecule has 0 nitrogen and oxygen atoms in total. The van der Waals surface area contributed by atoms with Crippen LogP contribution >= 0.6 is 21.6 Å². The number of rotatable bonds is 3. The third-order valence-electron chi connectivity index (χ3n) is 0.250. The molecule has 0 N–H and O–H groups in total. The maximum atomic E-state index is 3.64. The minimum absolute atomic E-state index is 0.945. The van der Waals surface area contributed by atoms with Gasteiger partial charge in [-0.05, 0) is 13.8 Å². The molecule has 0 aromatic rings. The normalized spacial score (nSPS) is 9.00. The quantitative estimate of drug-likeness (QED) is 0.413. The van der Waals surface area contributed by atoms with Crippen molar-refractivity contribution >= 4 is 21.6 Å². The van der Waals surface area contributed by atoms with E-state index in [-0.39, 0.29) is 0 Å². The van der Waals surface area contributed by atoms with E-state index >= 15 is 0 Å². The predicted octanol–water partition coefficient (Wildman–Crippen LogP) is 2.04. The molecular formula is C4H8S2. The Morgan fingerprint density at radius 2 is 1.33 bits per heavy atom. The number of hydrogen-bond donors (Lipinski definition) is 0. The van der Waals surface area contributed by atoms with Crippen LogP contribution in [-0.4, -0.2) is 11.5 Å². The molecule has 0 aromatic carbocycles. The smallest absolute Gasteiger partial charge is 0.00372 e. The molecule has 0 heterocycles. The molecule has 0 aromatic heterocycles. The number of hydrogen-bond acceptors (Lipinski definition) is 2. The molecule has 0 amide bonds. The second kappa shape index (κ2) is 5.70. The van der Waals surface area contributed by atoms with E-state index in [1.807, 2.05) is 0 Å². The Hall–Kier alpha value is 0.700. The topological polar surface area (TPSA) is 0 Å². The van der Waals surface area contributed by atoms with Gasteiger partial charge in [-0.2, -0.15) is 0 Å². The first-order chi connectivity index (χ1) is 2.91. The zero-order chi connectivity index (χ0) is 4.83. The molecular weight excluding hydrogens is 112 g/mol. The Morgan fingerprint density at radius 3 is 1.50 bits per heavy atom. The third-order valence-corrected chi connectivity index (χ3v) is 2.25. The Bertz CT molecular complexity index is 17.5. The fourth-order valence-electron chi connectivity index (χ4n) is 0.118. The van der Waals surface area contributed by atoms with E-state index < -0.39 is 0 Å². The van der Waals surface area contributed by atoms with E-state index in [4.69, 9.17) is 0 Å². The second-order valence-electron chi connectivity index (χ2n) is 0.644. The Morgan fingerprint density at radius 1 is 1.00 bits per heavy atom. The Labute approximate surface area is 47.5 Å². The van der Waals surface area contributed by atoms with Gasteiger partial charge in [-0.15, -0.1) is 0 Å². The second-order valence-corrected chi connectivity index (χ2v) is 3.35. The summed E-state index contributed by atoms with van der Waals surface area (Å²) >= 11 is 0. The van der Waals surface area contributed by atoms with Gasteiger partial charge in [0.05, 0.1) is 0 Å². The van der Waals surface area contributed by atoms with Gasteiger partial charge in [0.15, 0.2) is 0 Å². The van der Waals surface area contributed by atoms with Crippen LogP contribution in [0.3, 0.4) is 0 Å². The lowest BCUT2D eigenvalue weighted by Crippen LogP contribution is -1.60. The molecule has 0 saturated heterocycles. The molecule has 36 valence electrons. The van der Waals surface area contributed by atoms with E-state index in [1.54, 1.807) is 21.6 Å². The van der Waals surface area contributed by atoms with Crippen molar-refractivity contribution in [2.24, 2.45) is 0 Å². The fourth-order valence-corrected chi connectivity index (χ4v) is 1.06. The summed E-state index contributed by atoms with van der Waals surface area (Å²) in [5.41, 5.74) is 0. The summed E-state index contributed by atoms with van der Waals surface area (Å²) in [7, 11) is 3.50. The lowest BCUT2D eigenvalue weighted by atomic mass is 11.0. The molecule has 2 radical (unpaired) electrons. The van der Waals surface area contributed by atoms with Gasteiger partial charge in [-0.3, -0.25) is 0 Å². The van der Waals surface area contributed by atoms with Crippen molar-refractivity contribution in [1.29, 1.82) is 0 Å². The van der Waals surface area contributed by atoms with Gasteiger partial charge in [0.1, 0.15) is 0 Å². The summed E-state index contributed by atoms with van der Waals surface area (Å²) in [6, 6.07) is 0. The first kappa shape index (κ1) is 6.70. The van der Waals surface area contributed by atoms with E-state index in [2.05, 4.69) is 13.8 Å². The molecule has 0 atom stereocenters. The van der Waals surface area contributed by atoms with Crippen molar-refractivity contribution in [3.63, 3.8) is 0 Å². The standard InChI is InChI=1S/C4H8S2/c1-3-5-6-4-2/h1-4H2. The van der Waals surface area contributed by atoms with Gasteiger partial charge < -0.3 is 0 Å². The zero-order valence-electron chi connectivity index (χ0n) is 3.64. The average Bonchev–Trinajstić information content (AvgIpc) is 1.61. The molecule has 0 unspecified atom stereocenters. The molecule has 0 aliphatic heterocycles. The van der Waals surface area contributed by atoms with Gasteiger partial charge in [0.25, 0.3) is 0 Å². The first-order valence-corrected chi connectivity index (χ1v) is 4.23. The average molecular weight is 120 g/mol. The fraction of sp³-hybridized carbons (Fsp3) is 0.500. The van der Waals surface area contributed by atoms with Crippen molar-refractivity contribution in [2.75, 3.05) is 11.5 Å². The van der Waals surface area contributed by atoms with Crippen LogP contribution in [0.5, 0.6) is 0 Å². The maximum absolute atomic E-state index is 3.64. The Balaban J connectivity index is 2.34. The van der Waals surface area contributed by atoms with E-state index in [0.717, 1.165) is 11.5 Å². The third kappa shape index (κ3) is 4.70. The van der Waals surface area contributed by atoms with Crippen molar-refractivity contribution in [3.05, 3.63) is 13.8 Å². The first-order valence-electron chi connectivity index (χ1n) is 1.74. The van der Waals surface area contributed by atoms with Crippen LogP contribution in [0, 0.1) is 13.8 Å². The van der Waals surface area contributed by atoms with Crippen LogP contribution in [0.4, 0.5) is 0 Å². The van der Waals surface area contributed by atoms with Crippen LogP contribution in [0.15, 0.2) is 0 Å². The van der Waals surface area contributed by atoms with Crippen molar-refractivity contribution in [3.8, 4) is 0 Å². The molecule has 0 bridgehead atoms. The molecule has 2 heteroatoms. The van der Waals surface area contributed by atoms with E-state index in [9.17, 15) is 0 Å². The van der Waals surface area contributed by atoms with Crippen LogP contribution in [0.25, 0.3) is 0 Å². The van der Waals surface area contributed by atoms with Crippen LogP contribution in [-0.2, 0) is 0 Å². The van der Waals surface area contributed by atoms with Gasteiger partial charge >= 0.3 is 0 Å². The van der Waals surface area contributed by atoms with Crippen LogP contribution in [0.1, 0.15) is 0 Å². The summed E-state index contributed by atoms with van der Waals surface area (Å²) in [5, 5.41) is 0. The van der Waals surface area contributed by atoms with Crippen molar-refractivity contribution in [2.45, 2.75) is 0 Å². The molecule has 0 fully saturated rings. The molecule has 0 rings (SSSR count). The highest BCUT2D eigenvalue weighted by atomic mass is 33.1.